The Hall–Kier alpha value is -2.47. The molecule has 1 aromatic heterocycles. The maximum absolute atomic E-state index is 12.7. The minimum Gasteiger partial charge on any atom is -0.457 e. The largest absolute Gasteiger partial charge is 0.457 e. The Morgan fingerprint density at radius 2 is 1.70 bits per heavy atom. The maximum Gasteiger partial charge on any atom is 0.298 e. The van der Waals surface area contributed by atoms with Gasteiger partial charge in [-0.15, -0.1) is 0 Å². The van der Waals surface area contributed by atoms with Gasteiger partial charge in [0.2, 0.25) is 0 Å². The number of thioether (sulfide) groups is 1. The number of benzene rings is 2. The first-order valence-corrected chi connectivity index (χ1v) is 9.48. The van der Waals surface area contributed by atoms with Crippen molar-refractivity contribution in [1.29, 1.82) is 0 Å². The molecule has 0 atom stereocenters. The first-order chi connectivity index (χ1) is 13.0. The van der Waals surface area contributed by atoms with E-state index in [1.807, 2.05) is 12.1 Å². The van der Waals surface area contributed by atoms with E-state index >= 15 is 0 Å². The van der Waals surface area contributed by atoms with Crippen LogP contribution in [0.2, 0.25) is 10.0 Å². The zero-order chi connectivity index (χ0) is 19.0. The van der Waals surface area contributed by atoms with Gasteiger partial charge in [0.15, 0.2) is 0 Å². The minimum atomic E-state index is -0.406. The average Bonchev–Trinajstić information content (AvgIpc) is 3.21. The van der Waals surface area contributed by atoms with Crippen LogP contribution in [0.1, 0.15) is 5.76 Å². The molecule has 27 heavy (non-hydrogen) atoms. The molecule has 2 aromatic carbocycles. The average molecular weight is 416 g/mol. The van der Waals surface area contributed by atoms with E-state index in [1.54, 1.807) is 54.6 Å². The fraction of sp³-hybridized carbons (Fsp3) is 0. The predicted molar refractivity (Wildman–Crippen MR) is 109 cm³/mol. The van der Waals surface area contributed by atoms with Crippen LogP contribution in [0.5, 0.6) is 0 Å². The number of hydrogen-bond donors (Lipinski definition) is 0. The van der Waals surface area contributed by atoms with E-state index in [9.17, 15) is 9.59 Å². The van der Waals surface area contributed by atoms with Gasteiger partial charge in [-0.2, -0.15) is 0 Å². The first kappa shape index (κ1) is 17.9. The molecule has 7 heteroatoms. The van der Waals surface area contributed by atoms with Crippen molar-refractivity contribution in [2.75, 3.05) is 4.90 Å². The number of amides is 2. The molecule has 3 aromatic rings. The van der Waals surface area contributed by atoms with E-state index in [-0.39, 0.29) is 10.1 Å². The molecule has 0 radical (unpaired) electrons. The lowest BCUT2D eigenvalue weighted by atomic mass is 10.2. The van der Waals surface area contributed by atoms with Gasteiger partial charge in [-0.25, -0.2) is 4.90 Å². The van der Waals surface area contributed by atoms with E-state index in [1.165, 1.54) is 0 Å². The molecule has 0 saturated carbocycles. The Balaban J connectivity index is 1.61. The van der Waals surface area contributed by atoms with E-state index in [4.69, 9.17) is 27.6 Å². The van der Waals surface area contributed by atoms with Gasteiger partial charge in [0.05, 0.1) is 10.6 Å². The molecule has 2 amide bonds. The van der Waals surface area contributed by atoms with Crippen LogP contribution in [0.25, 0.3) is 17.4 Å². The summed E-state index contributed by atoms with van der Waals surface area (Å²) < 4.78 is 5.78. The molecule has 0 N–H and O–H groups in total. The highest BCUT2D eigenvalue weighted by molar-refractivity contribution is 8.19. The lowest BCUT2D eigenvalue weighted by molar-refractivity contribution is -0.113. The highest BCUT2D eigenvalue weighted by atomic mass is 35.5. The number of furan rings is 1. The summed E-state index contributed by atoms with van der Waals surface area (Å²) in [6.07, 6.45) is 1.56. The third-order valence-corrected chi connectivity index (χ3v) is 5.25. The SMILES string of the molecule is O=C1SC(=Cc2ccc(-c3ccc(Cl)cc3)o2)C(=O)N1c1cccc(Cl)c1. The summed E-state index contributed by atoms with van der Waals surface area (Å²) in [7, 11) is 0. The highest BCUT2D eigenvalue weighted by Crippen LogP contribution is 2.37. The van der Waals surface area contributed by atoms with Crippen molar-refractivity contribution < 1.29 is 14.0 Å². The fourth-order valence-corrected chi connectivity index (χ4v) is 3.77. The number of imide groups is 1. The van der Waals surface area contributed by atoms with Gasteiger partial charge < -0.3 is 4.42 Å². The third-order valence-electron chi connectivity index (χ3n) is 3.89. The topological polar surface area (TPSA) is 50.5 Å². The number of nitrogens with zero attached hydrogens (tertiary/aromatic N) is 1. The second-order valence-corrected chi connectivity index (χ2v) is 7.57. The van der Waals surface area contributed by atoms with Gasteiger partial charge in [-0.3, -0.25) is 9.59 Å². The Morgan fingerprint density at radius 3 is 2.44 bits per heavy atom. The van der Waals surface area contributed by atoms with Crippen LogP contribution in [-0.2, 0) is 4.79 Å². The second kappa shape index (κ2) is 7.27. The molecule has 134 valence electrons. The molecular weight excluding hydrogens is 405 g/mol. The number of rotatable bonds is 3. The zero-order valence-corrected chi connectivity index (χ0v) is 16.0. The van der Waals surface area contributed by atoms with Crippen LogP contribution in [0.3, 0.4) is 0 Å². The van der Waals surface area contributed by atoms with E-state index in [2.05, 4.69) is 0 Å². The van der Waals surface area contributed by atoms with E-state index in [0.717, 1.165) is 22.2 Å². The highest BCUT2D eigenvalue weighted by Gasteiger charge is 2.36. The van der Waals surface area contributed by atoms with Gasteiger partial charge in [0.1, 0.15) is 11.5 Å². The number of hydrogen-bond acceptors (Lipinski definition) is 4. The summed E-state index contributed by atoms with van der Waals surface area (Å²) in [6.45, 7) is 0. The molecule has 1 fully saturated rings. The molecule has 1 aliphatic rings. The van der Waals surface area contributed by atoms with Crippen LogP contribution in [0.4, 0.5) is 10.5 Å². The normalized spacial score (nSPS) is 15.8. The van der Waals surface area contributed by atoms with Crippen molar-refractivity contribution in [3.05, 3.63) is 81.4 Å². The molecular formula is C20H11Cl2NO3S. The molecule has 4 rings (SSSR count). The zero-order valence-electron chi connectivity index (χ0n) is 13.7. The Bertz CT molecular complexity index is 1070. The third kappa shape index (κ3) is 3.67. The van der Waals surface area contributed by atoms with Gasteiger partial charge in [-0.05, 0) is 66.4 Å². The summed E-state index contributed by atoms with van der Waals surface area (Å²) in [5, 5.41) is 0.715. The number of halogens is 2. The monoisotopic (exact) mass is 415 g/mol. The lowest BCUT2D eigenvalue weighted by Gasteiger charge is -2.12. The molecule has 0 unspecified atom stereocenters. The minimum absolute atomic E-state index is 0.289. The fourth-order valence-electron chi connectivity index (χ4n) is 2.63. The Kier molecular flexibility index (Phi) is 4.83. The summed E-state index contributed by atoms with van der Waals surface area (Å²) in [5.41, 5.74) is 1.31. The van der Waals surface area contributed by atoms with Gasteiger partial charge >= 0.3 is 0 Å². The Morgan fingerprint density at radius 1 is 0.926 bits per heavy atom. The quantitative estimate of drug-likeness (QED) is 0.458. The predicted octanol–water partition coefficient (Wildman–Crippen LogP) is 6.49. The van der Waals surface area contributed by atoms with Gasteiger partial charge in [-0.1, -0.05) is 29.3 Å². The van der Waals surface area contributed by atoms with Crippen molar-refractivity contribution >= 4 is 57.9 Å². The van der Waals surface area contributed by atoms with Crippen LogP contribution in [0.15, 0.2) is 70.0 Å². The number of carbonyl (C=O) groups is 2. The summed E-state index contributed by atoms with van der Waals surface area (Å²) in [6, 6.07) is 17.4. The number of carbonyl (C=O) groups excluding carboxylic acids is 2. The maximum atomic E-state index is 12.7. The van der Waals surface area contributed by atoms with Crippen LogP contribution >= 0.6 is 35.0 Å². The lowest BCUT2D eigenvalue weighted by Crippen LogP contribution is -2.27. The van der Waals surface area contributed by atoms with Crippen molar-refractivity contribution in [3.63, 3.8) is 0 Å². The summed E-state index contributed by atoms with van der Waals surface area (Å²) >= 11 is 12.7. The molecule has 0 aliphatic carbocycles. The van der Waals surface area contributed by atoms with Gasteiger partial charge in [0.25, 0.3) is 11.1 Å². The van der Waals surface area contributed by atoms with Crippen molar-refractivity contribution in [2.24, 2.45) is 0 Å². The van der Waals surface area contributed by atoms with Crippen LogP contribution in [-0.4, -0.2) is 11.1 Å². The van der Waals surface area contributed by atoms with Crippen LogP contribution in [0, 0.1) is 0 Å². The standard InChI is InChI=1S/C20H11Cl2NO3S/c21-13-6-4-12(5-7-13)17-9-8-16(26-17)11-18-19(24)23(20(25)27-18)15-3-1-2-14(22)10-15/h1-11H. The smallest absolute Gasteiger partial charge is 0.298 e. The van der Waals surface area contributed by atoms with Crippen molar-refractivity contribution in [2.45, 2.75) is 0 Å². The molecule has 4 nitrogen and oxygen atoms in total. The molecule has 0 bridgehead atoms. The second-order valence-electron chi connectivity index (χ2n) is 5.71. The van der Waals surface area contributed by atoms with Gasteiger partial charge in [0, 0.05) is 21.7 Å². The molecule has 0 spiro atoms. The number of anilines is 1. The van der Waals surface area contributed by atoms with Crippen molar-refractivity contribution in [1.82, 2.24) is 0 Å². The van der Waals surface area contributed by atoms with E-state index in [0.29, 0.717) is 27.3 Å². The van der Waals surface area contributed by atoms with Crippen LogP contribution < -0.4 is 4.90 Å². The van der Waals surface area contributed by atoms with Crippen molar-refractivity contribution in [3.8, 4) is 11.3 Å². The van der Waals surface area contributed by atoms with E-state index < -0.39 is 5.91 Å². The summed E-state index contributed by atoms with van der Waals surface area (Å²) in [5.74, 6) is 0.722. The first-order valence-electron chi connectivity index (χ1n) is 7.90. The molecule has 1 aliphatic heterocycles. The molecule has 1 saturated heterocycles. The molecule has 2 heterocycles. The Labute approximate surface area is 169 Å². The summed E-state index contributed by atoms with van der Waals surface area (Å²) in [4.78, 5) is 26.4.